The van der Waals surface area contributed by atoms with Crippen LogP contribution in [-0.4, -0.2) is 132 Å². The van der Waals surface area contributed by atoms with E-state index in [9.17, 15) is 110 Å². The molecule has 858 valence electrons. The lowest BCUT2D eigenvalue weighted by molar-refractivity contribution is -0.275. The molecule has 0 aliphatic heterocycles. The van der Waals surface area contributed by atoms with Crippen LogP contribution in [-0.2, 0) is 63.6 Å². The van der Waals surface area contributed by atoms with Gasteiger partial charge in [0.25, 0.3) is 5.92 Å². The van der Waals surface area contributed by atoms with Gasteiger partial charge >= 0.3 is 44.5 Å². The molecule has 7 aromatic carbocycles. The normalized spacial score (nSPS) is 13.7. The summed E-state index contributed by atoms with van der Waals surface area (Å²) in [5.74, 6) is -4.22. The van der Waals surface area contributed by atoms with Crippen LogP contribution in [0.5, 0.6) is 57.5 Å². The number of aliphatic hydroxyl groups excluding tert-OH is 1. The Morgan fingerprint density at radius 2 is 0.533 bits per heavy atom. The lowest BCUT2D eigenvalue weighted by Gasteiger charge is -2.27. The van der Waals surface area contributed by atoms with Gasteiger partial charge in [0.05, 0.1) is 25.9 Å². The highest BCUT2D eigenvalue weighted by molar-refractivity contribution is 5.49. The zero-order valence-electron chi connectivity index (χ0n) is 90.8. The topological polar surface area (TPSA) is 295 Å². The van der Waals surface area contributed by atoms with Gasteiger partial charge in [-0.25, -0.2) is 13.2 Å². The van der Waals surface area contributed by atoms with Crippen molar-refractivity contribution < 1.29 is 158 Å². The van der Waals surface area contributed by atoms with E-state index in [1.807, 2.05) is 166 Å². The second-order valence-corrected chi connectivity index (χ2v) is 45.0. The highest BCUT2D eigenvalue weighted by Gasteiger charge is 2.40. The molecule has 0 spiro atoms. The van der Waals surface area contributed by atoms with E-state index in [4.69, 9.17) is 54.3 Å². The number of nitrogens with two attached hydrogens (primary N) is 7. The molecular weight excluding hydrogens is 2030 g/mol. The first kappa shape index (κ1) is 139. The standard InChI is InChI=1S/2C16H24F3NO2.2C16H24F3NO.C15H21F4NO.C15H22F3NO2.C14H18F5NO2/c1-14(2,3)12-7-6-11(22-16(17,18)19)8-13(12)21-10-15(4,5)9-20;1-14(2,3)12-7-6-11(22-16(17,18)19)10-13(12)21-9-8-15(4,5)20;1-11(10-20)5-6-12-9-13(21-16(17,18)19)7-8-14(12)15(2,3)4;1-11(20)6-5-7-12-10-13(21-16(17,18)19)8-9-14(12)15(2,3)4;1-14(2,3)13-7-6-12(21-15(17,18)19)8-10(13)4-5-11(16)9-20;1-14(2,3)13-7-6-12(21-15(16,17)18)8-10(13)4-5-11(20)9-19;1-12(2,3)10-5-4-9(22-14(17,18)19)6-11(10)21-8-13(15,16)7-20/h6-8H,9-10,20H2,1-5H3;6-7,10H,8-9,20H2,1-5H3;7-9,11H,5-6,10,20H2,1-4H3;8-11H,5-7,20H2,1-4H3;6-8,11H,4-5,9,20H2,1-3H3;6-8,11,20H,4-5,9,19H2,1-3H3;4-6H,7-8,20H2,1-3H3. The van der Waals surface area contributed by atoms with Gasteiger partial charge in [0.1, 0.15) is 63.7 Å². The Hall–Kier alpha value is -9.46. The molecule has 0 amide bonds. The third-order valence-electron chi connectivity index (χ3n) is 21.8. The molecule has 0 saturated heterocycles. The van der Waals surface area contributed by atoms with Gasteiger partial charge in [-0.05, 0) is 263 Å². The summed E-state index contributed by atoms with van der Waals surface area (Å²) in [6, 6.07) is 29.6. The number of hydrogen-bond acceptors (Lipinski definition) is 18. The van der Waals surface area contributed by atoms with Gasteiger partial charge < -0.3 is 92.6 Å². The predicted octanol–water partition coefficient (Wildman–Crippen LogP) is 28.7. The molecule has 42 heteroatoms. The summed E-state index contributed by atoms with van der Waals surface area (Å²) >= 11 is 0. The van der Waals surface area contributed by atoms with Crippen LogP contribution in [0.3, 0.4) is 0 Å². The quantitative estimate of drug-likeness (QED) is 0.0171. The number of aliphatic hydroxyl groups is 1. The Kier molecular flexibility index (Phi) is 52.8. The molecule has 15 N–H and O–H groups in total. The smallest absolute Gasteiger partial charge is 0.493 e. The molecule has 0 aliphatic rings. The van der Waals surface area contributed by atoms with Crippen molar-refractivity contribution in [3.63, 3.8) is 0 Å². The minimum absolute atomic E-state index is 0.0937. The Balaban J connectivity index is 0.000000875. The summed E-state index contributed by atoms with van der Waals surface area (Å²) in [5.41, 5.74) is 45.1. The maximum Gasteiger partial charge on any atom is 0.573 e. The van der Waals surface area contributed by atoms with Gasteiger partial charge in [-0.2, -0.15) is 0 Å². The van der Waals surface area contributed by atoms with E-state index in [2.05, 4.69) is 33.2 Å². The first-order valence-corrected chi connectivity index (χ1v) is 48.4. The average molecular weight is 2190 g/mol. The van der Waals surface area contributed by atoms with Crippen molar-refractivity contribution in [2.45, 2.75) is 363 Å². The Morgan fingerprint density at radius 1 is 0.287 bits per heavy atom. The molecule has 0 fully saturated rings. The van der Waals surface area contributed by atoms with Crippen molar-refractivity contribution in [1.82, 2.24) is 0 Å². The van der Waals surface area contributed by atoms with Crippen molar-refractivity contribution in [2.75, 3.05) is 52.5 Å². The first-order valence-electron chi connectivity index (χ1n) is 48.4. The fourth-order valence-corrected chi connectivity index (χ4v) is 14.1. The van der Waals surface area contributed by atoms with Gasteiger partial charge in [-0.3, -0.25) is 0 Å². The van der Waals surface area contributed by atoms with Crippen molar-refractivity contribution in [2.24, 2.45) is 51.5 Å². The number of benzene rings is 7. The van der Waals surface area contributed by atoms with Crippen LogP contribution in [0, 0.1) is 11.3 Å². The molecule has 150 heavy (non-hydrogen) atoms. The van der Waals surface area contributed by atoms with Crippen molar-refractivity contribution in [1.29, 1.82) is 0 Å². The van der Waals surface area contributed by atoms with Gasteiger partial charge in [0.15, 0.2) is 6.61 Å². The molecule has 0 bridgehead atoms. The minimum atomic E-state index is -4.87. The summed E-state index contributed by atoms with van der Waals surface area (Å²) in [5, 5.41) is 9.53. The van der Waals surface area contributed by atoms with E-state index < -0.39 is 92.6 Å². The minimum Gasteiger partial charge on any atom is -0.493 e. The van der Waals surface area contributed by atoms with Gasteiger partial charge in [-0.1, -0.05) is 209 Å². The zero-order valence-corrected chi connectivity index (χ0v) is 90.8. The first-order chi connectivity index (χ1) is 67.5. The van der Waals surface area contributed by atoms with E-state index in [-0.39, 0.29) is 104 Å². The Morgan fingerprint density at radius 3 is 0.767 bits per heavy atom. The number of rotatable bonds is 35. The monoisotopic (exact) mass is 2180 g/mol. The number of alkyl halides is 24. The largest absolute Gasteiger partial charge is 0.573 e. The third kappa shape index (κ3) is 59.1. The molecule has 0 aliphatic carbocycles. The summed E-state index contributed by atoms with van der Waals surface area (Å²) in [7, 11) is 0. The molecule has 7 rings (SSSR count). The molecular formula is C108H157F24N7O11. The van der Waals surface area contributed by atoms with Crippen LogP contribution >= 0.6 is 0 Å². The molecule has 0 radical (unpaired) electrons. The van der Waals surface area contributed by atoms with Gasteiger partial charge in [0.2, 0.25) is 0 Å². The number of aryl methyl sites for hydroxylation is 4. The lowest BCUT2D eigenvalue weighted by Crippen LogP contribution is -2.34. The highest BCUT2D eigenvalue weighted by atomic mass is 19.4. The van der Waals surface area contributed by atoms with Crippen LogP contribution in [0.25, 0.3) is 0 Å². The van der Waals surface area contributed by atoms with Crippen molar-refractivity contribution >= 4 is 0 Å². The number of ether oxygens (including phenoxy) is 10. The SMILES string of the molecule is CC(C)(C)c1ccc(OC(F)(F)F)cc1CCC(F)CN.CC(C)(C)c1ccc(OC(F)(F)F)cc1CCC(O)CN.CC(C)(C)c1ccc(OC(F)(F)F)cc1OCC(F)(F)CN.CC(C)(CN)COc1cc(OC(F)(F)F)ccc1C(C)(C)C.CC(C)(N)CCOc1cc(OC(F)(F)F)ccc1C(C)(C)C.CC(CN)CCc1cc(OC(F)(F)F)ccc1C(C)(C)C.CC(N)CCCc1cc(OC(F)(F)F)ccc1C(C)(C)C. The summed E-state index contributed by atoms with van der Waals surface area (Å²) < 4.78 is 342. The second-order valence-electron chi connectivity index (χ2n) is 45.0. The third-order valence-corrected chi connectivity index (χ3v) is 21.8. The molecule has 0 aromatic heterocycles. The van der Waals surface area contributed by atoms with Crippen LogP contribution in [0.2, 0.25) is 0 Å². The number of hydrogen-bond donors (Lipinski definition) is 8. The Labute approximate surface area is 867 Å². The molecule has 7 aromatic rings. The molecule has 4 atom stereocenters. The maximum atomic E-state index is 13.3. The van der Waals surface area contributed by atoms with Crippen molar-refractivity contribution in [3.8, 4) is 57.5 Å². The molecule has 4 unspecified atom stereocenters. The lowest BCUT2D eigenvalue weighted by atomic mass is 9.82. The fraction of sp³-hybridized carbons (Fsp3) is 0.611. The predicted molar refractivity (Wildman–Crippen MR) is 538 cm³/mol. The van der Waals surface area contributed by atoms with Crippen LogP contribution in [0.4, 0.5) is 105 Å². The van der Waals surface area contributed by atoms with Gasteiger partial charge in [0, 0.05) is 54.8 Å². The maximum absolute atomic E-state index is 13.3. The summed E-state index contributed by atoms with van der Waals surface area (Å²) in [6.45, 7) is 52.4. The second kappa shape index (κ2) is 57.1. The van der Waals surface area contributed by atoms with Gasteiger partial charge in [-0.15, -0.1) is 92.2 Å². The van der Waals surface area contributed by atoms with E-state index in [1.54, 1.807) is 57.2 Å². The molecule has 0 heterocycles. The zero-order chi connectivity index (χ0) is 117. The van der Waals surface area contributed by atoms with Crippen LogP contribution < -0.4 is 87.5 Å². The molecule has 0 saturated carbocycles. The van der Waals surface area contributed by atoms with E-state index in [0.29, 0.717) is 93.4 Å². The van der Waals surface area contributed by atoms with Crippen LogP contribution in [0.15, 0.2) is 127 Å². The summed E-state index contributed by atoms with van der Waals surface area (Å²) in [6.07, 6.45) is -29.1. The van der Waals surface area contributed by atoms with E-state index in [0.717, 1.165) is 81.5 Å². The van der Waals surface area contributed by atoms with Crippen LogP contribution in [0.1, 0.15) is 287 Å². The van der Waals surface area contributed by atoms with E-state index >= 15 is 0 Å². The highest BCUT2D eigenvalue weighted by Crippen LogP contribution is 2.44. The van der Waals surface area contributed by atoms with Crippen molar-refractivity contribution in [3.05, 3.63) is 189 Å². The molecule has 18 nitrogen and oxygen atoms in total. The van der Waals surface area contributed by atoms with E-state index in [1.165, 1.54) is 78.9 Å². The Bertz CT molecular complexity index is 4840. The number of halogens is 24. The fourth-order valence-electron chi connectivity index (χ4n) is 14.1. The summed E-state index contributed by atoms with van der Waals surface area (Å²) in [4.78, 5) is 0. The average Bonchev–Trinajstić information content (AvgIpc) is 0.858.